The van der Waals surface area contributed by atoms with Crippen LogP contribution in [0.1, 0.15) is 86.0 Å². The lowest BCUT2D eigenvalue weighted by molar-refractivity contribution is -0.247. The van der Waals surface area contributed by atoms with Crippen molar-refractivity contribution in [1.29, 1.82) is 0 Å². The van der Waals surface area contributed by atoms with Gasteiger partial charge in [0, 0.05) is 26.4 Å². The zero-order chi connectivity index (χ0) is 22.0. The molecule has 0 aromatic rings. The molecule has 0 N–H and O–H groups in total. The lowest BCUT2D eigenvalue weighted by Gasteiger charge is -2.46. The minimum Gasteiger partial charge on any atom is -0.379 e. The normalized spacial score (nSPS) is 26.9. The predicted octanol–water partition coefficient (Wildman–Crippen LogP) is 5.84. The van der Waals surface area contributed by atoms with Crippen molar-refractivity contribution < 1.29 is 23.7 Å². The fourth-order valence-corrected chi connectivity index (χ4v) is 4.39. The molecule has 0 aromatic heterocycles. The van der Waals surface area contributed by atoms with Crippen molar-refractivity contribution in [2.24, 2.45) is 0 Å². The van der Waals surface area contributed by atoms with Gasteiger partial charge in [-0.1, -0.05) is 60.3 Å². The van der Waals surface area contributed by atoms with Gasteiger partial charge in [0.05, 0.1) is 6.61 Å². The molecule has 5 nitrogen and oxygen atoms in total. The summed E-state index contributed by atoms with van der Waals surface area (Å²) in [5.41, 5.74) is -0.0516. The Bertz CT molecular complexity index is 385. The Morgan fingerprint density at radius 3 is 1.67 bits per heavy atom. The maximum absolute atomic E-state index is 6.54. The minimum absolute atomic E-state index is 0.0516. The summed E-state index contributed by atoms with van der Waals surface area (Å²) in [6, 6.07) is 0. The van der Waals surface area contributed by atoms with E-state index in [1.165, 1.54) is 0 Å². The Morgan fingerprint density at radius 1 is 0.633 bits per heavy atom. The first-order valence-electron chi connectivity index (χ1n) is 12.4. The molecule has 1 heterocycles. The maximum atomic E-state index is 6.54. The van der Waals surface area contributed by atoms with Crippen LogP contribution in [0.25, 0.3) is 0 Å². The summed E-state index contributed by atoms with van der Waals surface area (Å²) in [6.45, 7) is 14.4. The van der Waals surface area contributed by atoms with E-state index in [9.17, 15) is 0 Å². The molecule has 1 aliphatic heterocycles. The summed E-state index contributed by atoms with van der Waals surface area (Å²) >= 11 is 1.80. The first-order valence-corrected chi connectivity index (χ1v) is 13.5. The first kappa shape index (κ1) is 28.2. The summed E-state index contributed by atoms with van der Waals surface area (Å²) in [6.07, 6.45) is 8.15. The lowest BCUT2D eigenvalue weighted by Crippen LogP contribution is -2.60. The molecule has 0 aliphatic carbocycles. The molecular weight excluding hydrogens is 400 g/mol. The smallest absolute Gasteiger partial charge is 0.132 e. The summed E-state index contributed by atoms with van der Waals surface area (Å²) < 4.78 is 31.7. The Hall–Kier alpha value is 0.150. The topological polar surface area (TPSA) is 46.2 Å². The van der Waals surface area contributed by atoms with Crippen LogP contribution in [0.4, 0.5) is 0 Å². The number of thioether (sulfide) groups is 1. The molecule has 1 aliphatic rings. The number of hydrogen-bond acceptors (Lipinski definition) is 6. The second-order valence-corrected chi connectivity index (χ2v) is 9.37. The van der Waals surface area contributed by atoms with E-state index in [0.717, 1.165) is 83.5 Å². The molecule has 0 aromatic carbocycles. The van der Waals surface area contributed by atoms with Crippen molar-refractivity contribution in [1.82, 2.24) is 0 Å². The van der Waals surface area contributed by atoms with E-state index >= 15 is 0 Å². The van der Waals surface area contributed by atoms with Crippen LogP contribution >= 0.6 is 11.8 Å². The van der Waals surface area contributed by atoms with Crippen LogP contribution in [0.3, 0.4) is 0 Å². The fraction of sp³-hybridized carbons (Fsp3) is 1.00. The van der Waals surface area contributed by atoms with Gasteiger partial charge in [-0.3, -0.25) is 0 Å². The van der Waals surface area contributed by atoms with Gasteiger partial charge in [-0.25, -0.2) is 0 Å². The SMILES string of the molecule is CCCCOCC1OC(SCC)C(OCCCC)C(OCCCC)C1OCCCC. The lowest BCUT2D eigenvalue weighted by atomic mass is 9.99. The molecular formula is C24H48O5S. The Kier molecular flexibility index (Phi) is 17.6. The van der Waals surface area contributed by atoms with Crippen molar-refractivity contribution in [2.45, 2.75) is 116 Å². The van der Waals surface area contributed by atoms with Crippen LogP contribution in [-0.2, 0) is 23.7 Å². The average Bonchev–Trinajstić information content (AvgIpc) is 2.75. The monoisotopic (exact) mass is 448 g/mol. The molecule has 5 unspecified atom stereocenters. The van der Waals surface area contributed by atoms with Gasteiger partial charge >= 0.3 is 0 Å². The molecule has 0 spiro atoms. The van der Waals surface area contributed by atoms with E-state index in [1.807, 2.05) is 0 Å². The summed E-state index contributed by atoms with van der Waals surface area (Å²) in [5, 5.41) is 0. The summed E-state index contributed by atoms with van der Waals surface area (Å²) in [5.74, 6) is 0.977. The predicted molar refractivity (Wildman–Crippen MR) is 126 cm³/mol. The third kappa shape index (κ3) is 10.6. The number of ether oxygens (including phenoxy) is 5. The van der Waals surface area contributed by atoms with E-state index in [4.69, 9.17) is 23.7 Å². The van der Waals surface area contributed by atoms with Crippen LogP contribution in [0.5, 0.6) is 0 Å². The molecule has 30 heavy (non-hydrogen) atoms. The average molecular weight is 449 g/mol. The van der Waals surface area contributed by atoms with Crippen molar-refractivity contribution in [2.75, 3.05) is 38.8 Å². The molecule has 1 saturated heterocycles. The van der Waals surface area contributed by atoms with Gasteiger partial charge in [0.2, 0.25) is 0 Å². The molecule has 180 valence electrons. The highest BCUT2D eigenvalue weighted by Gasteiger charge is 2.48. The molecule has 6 heteroatoms. The van der Waals surface area contributed by atoms with Gasteiger partial charge in [0.1, 0.15) is 29.9 Å². The zero-order valence-corrected chi connectivity index (χ0v) is 21.1. The fourth-order valence-electron chi connectivity index (χ4n) is 3.42. The maximum Gasteiger partial charge on any atom is 0.132 e. The Morgan fingerprint density at radius 2 is 1.13 bits per heavy atom. The number of rotatable bonds is 19. The highest BCUT2D eigenvalue weighted by molar-refractivity contribution is 7.99. The first-order chi connectivity index (χ1) is 14.7. The van der Waals surface area contributed by atoms with Crippen LogP contribution in [0.15, 0.2) is 0 Å². The molecule has 0 saturated carbocycles. The second kappa shape index (κ2) is 18.7. The summed E-state index contributed by atoms with van der Waals surface area (Å²) in [4.78, 5) is 0. The Balaban J connectivity index is 2.98. The quantitative estimate of drug-likeness (QED) is 0.231. The minimum atomic E-state index is -0.157. The largest absolute Gasteiger partial charge is 0.379 e. The van der Waals surface area contributed by atoms with E-state index in [0.29, 0.717) is 6.61 Å². The van der Waals surface area contributed by atoms with Gasteiger partial charge in [-0.05, 0) is 31.4 Å². The van der Waals surface area contributed by atoms with Crippen LogP contribution in [0, 0.1) is 0 Å². The van der Waals surface area contributed by atoms with Crippen molar-refractivity contribution in [3.8, 4) is 0 Å². The van der Waals surface area contributed by atoms with E-state index in [2.05, 4.69) is 34.6 Å². The molecule has 0 radical (unpaired) electrons. The van der Waals surface area contributed by atoms with Gasteiger partial charge in [-0.15, -0.1) is 11.8 Å². The van der Waals surface area contributed by atoms with Crippen molar-refractivity contribution >= 4 is 11.8 Å². The highest BCUT2D eigenvalue weighted by Crippen LogP contribution is 2.34. The van der Waals surface area contributed by atoms with Gasteiger partial charge in [0.25, 0.3) is 0 Å². The molecule has 1 fully saturated rings. The standard InChI is InChI=1S/C24H48O5S/c1-6-11-15-25-19-20-21(26-16-12-7-2)22(27-17-13-8-3)23(28-18-14-9-4)24(29-20)30-10-5/h20-24H,6-19H2,1-5H3. The Labute approximate surface area is 190 Å². The second-order valence-electron chi connectivity index (χ2n) is 7.99. The summed E-state index contributed by atoms with van der Waals surface area (Å²) in [7, 11) is 0. The zero-order valence-electron chi connectivity index (χ0n) is 20.2. The van der Waals surface area contributed by atoms with Crippen LogP contribution < -0.4 is 0 Å². The third-order valence-corrected chi connectivity index (χ3v) is 6.31. The number of hydrogen-bond donors (Lipinski definition) is 0. The highest BCUT2D eigenvalue weighted by atomic mass is 32.2. The van der Waals surface area contributed by atoms with Gasteiger partial charge < -0.3 is 23.7 Å². The van der Waals surface area contributed by atoms with Crippen LogP contribution in [0.2, 0.25) is 0 Å². The van der Waals surface area contributed by atoms with Crippen molar-refractivity contribution in [3.05, 3.63) is 0 Å². The molecule has 5 atom stereocenters. The van der Waals surface area contributed by atoms with Crippen LogP contribution in [-0.4, -0.2) is 68.6 Å². The van der Waals surface area contributed by atoms with Gasteiger partial charge in [-0.2, -0.15) is 0 Å². The van der Waals surface area contributed by atoms with Gasteiger partial charge in [0.15, 0.2) is 0 Å². The van der Waals surface area contributed by atoms with E-state index < -0.39 is 0 Å². The molecule has 0 bridgehead atoms. The van der Waals surface area contributed by atoms with Crippen molar-refractivity contribution in [3.63, 3.8) is 0 Å². The van der Waals surface area contributed by atoms with E-state index in [-0.39, 0.29) is 29.9 Å². The third-order valence-electron chi connectivity index (χ3n) is 5.27. The van der Waals surface area contributed by atoms with E-state index in [1.54, 1.807) is 11.8 Å². The molecule has 0 amide bonds. The number of unbranched alkanes of at least 4 members (excludes halogenated alkanes) is 4. The molecule has 1 rings (SSSR count).